The van der Waals surface area contributed by atoms with Crippen LogP contribution in [-0.2, 0) is 23.1 Å². The molecule has 7 heteroatoms. The van der Waals surface area contributed by atoms with Crippen LogP contribution in [0.3, 0.4) is 0 Å². The van der Waals surface area contributed by atoms with Gasteiger partial charge in [0.15, 0.2) is 0 Å². The number of aryl methyl sites for hydroxylation is 2. The van der Waals surface area contributed by atoms with Gasteiger partial charge in [-0.25, -0.2) is 0 Å². The molecule has 2 aliphatic heterocycles. The minimum Gasteiger partial charge on any atom is -0.348 e. The molecule has 156 valence electrons. The lowest BCUT2D eigenvalue weighted by Crippen LogP contribution is -2.48. The van der Waals surface area contributed by atoms with E-state index in [9.17, 15) is 9.59 Å². The Labute approximate surface area is 168 Å². The van der Waals surface area contributed by atoms with Gasteiger partial charge in [0.2, 0.25) is 11.8 Å². The van der Waals surface area contributed by atoms with Gasteiger partial charge in [-0.2, -0.15) is 5.10 Å². The van der Waals surface area contributed by atoms with Crippen LogP contribution in [0.4, 0.5) is 0 Å². The van der Waals surface area contributed by atoms with Gasteiger partial charge in [-0.1, -0.05) is 0 Å². The molecule has 0 radical (unpaired) electrons. The third-order valence-corrected chi connectivity index (χ3v) is 6.80. The van der Waals surface area contributed by atoms with Crippen LogP contribution >= 0.6 is 0 Å². The van der Waals surface area contributed by atoms with E-state index in [0.29, 0.717) is 32.0 Å². The number of nitrogens with zero attached hydrogens (tertiary/aromatic N) is 5. The summed E-state index contributed by atoms with van der Waals surface area (Å²) < 4.78 is 1.88. The maximum absolute atomic E-state index is 13.1. The van der Waals surface area contributed by atoms with Crippen molar-refractivity contribution in [1.82, 2.24) is 24.5 Å². The molecule has 2 aliphatic rings. The molecule has 0 bridgehead atoms. The molecule has 1 aromatic rings. The van der Waals surface area contributed by atoms with Gasteiger partial charge in [0.25, 0.3) is 0 Å². The summed E-state index contributed by atoms with van der Waals surface area (Å²) in [5, 5.41) is 4.45. The minimum atomic E-state index is -0.455. The quantitative estimate of drug-likeness (QED) is 0.760. The van der Waals surface area contributed by atoms with Crippen LogP contribution in [0.25, 0.3) is 0 Å². The van der Waals surface area contributed by atoms with Gasteiger partial charge >= 0.3 is 0 Å². The molecule has 0 aliphatic carbocycles. The van der Waals surface area contributed by atoms with E-state index < -0.39 is 5.41 Å². The topological polar surface area (TPSA) is 61.7 Å². The second kappa shape index (κ2) is 7.50. The maximum Gasteiger partial charge on any atom is 0.231 e. The van der Waals surface area contributed by atoms with Crippen molar-refractivity contribution in [1.29, 1.82) is 0 Å². The largest absolute Gasteiger partial charge is 0.348 e. The predicted molar refractivity (Wildman–Crippen MR) is 109 cm³/mol. The van der Waals surface area contributed by atoms with Crippen molar-refractivity contribution in [3.8, 4) is 0 Å². The fourth-order valence-corrected chi connectivity index (χ4v) is 5.00. The van der Waals surface area contributed by atoms with Gasteiger partial charge in [-0.15, -0.1) is 0 Å². The summed E-state index contributed by atoms with van der Waals surface area (Å²) in [6.45, 7) is 11.3. The molecular weight excluding hydrogens is 354 g/mol. The number of aromatic nitrogens is 2. The maximum atomic E-state index is 13.1. The number of amides is 2. The first-order valence-electron chi connectivity index (χ1n) is 10.3. The van der Waals surface area contributed by atoms with Crippen LogP contribution in [-0.4, -0.2) is 82.6 Å². The van der Waals surface area contributed by atoms with Crippen LogP contribution in [0.2, 0.25) is 0 Å². The monoisotopic (exact) mass is 389 g/mol. The number of hydrogen-bond acceptors (Lipinski definition) is 4. The molecule has 2 saturated heterocycles. The summed E-state index contributed by atoms with van der Waals surface area (Å²) in [5.74, 6) is 0.532. The van der Waals surface area contributed by atoms with E-state index in [1.807, 2.05) is 44.6 Å². The molecule has 2 fully saturated rings. The molecule has 3 heterocycles. The molecule has 28 heavy (non-hydrogen) atoms. The number of fused-ring (bicyclic) bond motifs is 1. The van der Waals surface area contributed by atoms with Gasteiger partial charge < -0.3 is 9.80 Å². The Morgan fingerprint density at radius 2 is 1.89 bits per heavy atom. The Bertz CT molecular complexity index is 769. The van der Waals surface area contributed by atoms with Crippen LogP contribution < -0.4 is 0 Å². The average Bonchev–Trinajstić information content (AvgIpc) is 3.22. The Morgan fingerprint density at radius 3 is 2.43 bits per heavy atom. The lowest BCUT2D eigenvalue weighted by Gasteiger charge is -2.31. The third kappa shape index (κ3) is 3.45. The second-order valence-electron chi connectivity index (χ2n) is 9.12. The van der Waals surface area contributed by atoms with Crippen molar-refractivity contribution in [2.24, 2.45) is 18.4 Å². The van der Waals surface area contributed by atoms with E-state index in [-0.39, 0.29) is 17.7 Å². The van der Waals surface area contributed by atoms with E-state index in [0.717, 1.165) is 24.5 Å². The molecule has 0 spiro atoms. The van der Waals surface area contributed by atoms with E-state index in [1.165, 1.54) is 5.56 Å². The van der Waals surface area contributed by atoms with Gasteiger partial charge in [-0.05, 0) is 39.7 Å². The standard InChI is InChI=1S/C21H35N5O2/c1-14(2)25-10-17-11-26(13-21(17,12-25)20(28)23(5)6)19(27)9-8-18-15(3)22-24(7)16(18)4/h14,17H,8-13H2,1-7H3/t17-,21-/m0/s1. The molecule has 3 rings (SSSR count). The van der Waals surface area contributed by atoms with Crippen molar-refractivity contribution >= 4 is 11.8 Å². The number of hydrogen-bond donors (Lipinski definition) is 0. The number of carbonyl (C=O) groups excluding carboxylic acids is 2. The number of rotatable bonds is 5. The molecule has 0 saturated carbocycles. The molecule has 2 atom stereocenters. The predicted octanol–water partition coefficient (Wildman–Crippen LogP) is 1.23. The Kier molecular flexibility index (Phi) is 5.58. The highest BCUT2D eigenvalue weighted by Crippen LogP contribution is 2.44. The molecular formula is C21H35N5O2. The van der Waals surface area contributed by atoms with Crippen molar-refractivity contribution in [3.05, 3.63) is 17.0 Å². The summed E-state index contributed by atoms with van der Waals surface area (Å²) in [6.07, 6.45) is 1.18. The molecule has 1 aromatic heterocycles. The zero-order chi connectivity index (χ0) is 20.8. The minimum absolute atomic E-state index is 0.152. The van der Waals surface area contributed by atoms with E-state index in [1.54, 1.807) is 4.90 Å². The summed E-state index contributed by atoms with van der Waals surface area (Å²) in [5.41, 5.74) is 2.83. The summed E-state index contributed by atoms with van der Waals surface area (Å²) in [6, 6.07) is 0.415. The Hall–Kier alpha value is -1.89. The van der Waals surface area contributed by atoms with Crippen molar-refractivity contribution in [3.63, 3.8) is 0 Å². The Balaban J connectivity index is 1.71. The first-order chi connectivity index (χ1) is 13.1. The third-order valence-electron chi connectivity index (χ3n) is 6.80. The molecule has 0 unspecified atom stereocenters. The summed E-state index contributed by atoms with van der Waals surface area (Å²) in [7, 11) is 5.58. The lowest BCUT2D eigenvalue weighted by atomic mass is 9.79. The summed E-state index contributed by atoms with van der Waals surface area (Å²) >= 11 is 0. The van der Waals surface area contributed by atoms with E-state index in [2.05, 4.69) is 23.8 Å². The fourth-order valence-electron chi connectivity index (χ4n) is 5.00. The zero-order valence-corrected chi connectivity index (χ0v) is 18.4. The van der Waals surface area contributed by atoms with E-state index in [4.69, 9.17) is 0 Å². The molecule has 2 amide bonds. The lowest BCUT2D eigenvalue weighted by molar-refractivity contribution is -0.140. The highest BCUT2D eigenvalue weighted by molar-refractivity contribution is 5.86. The highest BCUT2D eigenvalue weighted by Gasteiger charge is 2.58. The van der Waals surface area contributed by atoms with Crippen molar-refractivity contribution in [2.75, 3.05) is 40.3 Å². The van der Waals surface area contributed by atoms with Crippen LogP contribution in [0, 0.1) is 25.2 Å². The first-order valence-corrected chi connectivity index (χ1v) is 10.3. The zero-order valence-electron chi connectivity index (χ0n) is 18.4. The summed E-state index contributed by atoms with van der Waals surface area (Å²) in [4.78, 5) is 32.1. The first kappa shape index (κ1) is 20.8. The van der Waals surface area contributed by atoms with Crippen LogP contribution in [0.1, 0.15) is 37.2 Å². The SMILES string of the molecule is Cc1nn(C)c(C)c1CCC(=O)N1C[C@@H]2CN(C(C)C)C[C@]2(C(=O)N(C)C)C1. The van der Waals surface area contributed by atoms with Gasteiger partial charge in [0.05, 0.1) is 11.1 Å². The van der Waals surface area contributed by atoms with Gasteiger partial charge in [0.1, 0.15) is 0 Å². The highest BCUT2D eigenvalue weighted by atomic mass is 16.2. The molecule has 0 N–H and O–H groups in total. The normalized spacial score (nSPS) is 24.9. The van der Waals surface area contributed by atoms with Crippen molar-refractivity contribution in [2.45, 2.75) is 46.6 Å². The second-order valence-corrected chi connectivity index (χ2v) is 9.12. The van der Waals surface area contributed by atoms with Gasteiger partial charge in [-0.3, -0.25) is 19.2 Å². The molecule has 0 aromatic carbocycles. The van der Waals surface area contributed by atoms with Crippen LogP contribution in [0.5, 0.6) is 0 Å². The number of carbonyl (C=O) groups is 2. The fraction of sp³-hybridized carbons (Fsp3) is 0.762. The van der Waals surface area contributed by atoms with Crippen molar-refractivity contribution < 1.29 is 9.59 Å². The smallest absolute Gasteiger partial charge is 0.231 e. The Morgan fingerprint density at radius 1 is 1.21 bits per heavy atom. The molecule has 7 nitrogen and oxygen atoms in total. The van der Waals surface area contributed by atoms with Crippen LogP contribution in [0.15, 0.2) is 0 Å². The van der Waals surface area contributed by atoms with E-state index >= 15 is 0 Å². The van der Waals surface area contributed by atoms with Gasteiger partial charge in [0, 0.05) is 71.4 Å². The average molecular weight is 390 g/mol. The number of likely N-dealkylation sites (tertiary alicyclic amines) is 2.